The lowest BCUT2D eigenvalue weighted by Gasteiger charge is -2.32. The number of halogens is 2. The molecule has 4 heteroatoms. The van der Waals surface area contributed by atoms with E-state index in [9.17, 15) is 0 Å². The van der Waals surface area contributed by atoms with Crippen LogP contribution in [0.5, 0.6) is 0 Å². The Morgan fingerprint density at radius 1 is 1.18 bits per heavy atom. The maximum atomic E-state index is 5.84. The lowest BCUT2D eigenvalue weighted by atomic mass is 9.81. The second-order valence-electron chi connectivity index (χ2n) is 6.44. The molecule has 2 atom stereocenters. The van der Waals surface area contributed by atoms with Crippen LogP contribution in [-0.4, -0.2) is 18.6 Å². The largest absolute Gasteiger partial charge is 0.328 e. The first kappa shape index (κ1) is 19.5. The number of benzene rings is 1. The number of hydrogen-bond acceptors (Lipinski definition) is 2. The zero-order valence-electron chi connectivity index (χ0n) is 13.2. The first-order valence-electron chi connectivity index (χ1n) is 8.00. The van der Waals surface area contributed by atoms with Gasteiger partial charge in [-0.05, 0) is 49.6 Å². The molecule has 22 heavy (non-hydrogen) atoms. The number of nitrogens with one attached hydrogen (secondary N) is 1. The second kappa shape index (κ2) is 8.93. The highest BCUT2D eigenvalue weighted by molar-refractivity contribution is 5.85. The van der Waals surface area contributed by atoms with Gasteiger partial charge in [0.05, 0.1) is 0 Å². The van der Waals surface area contributed by atoms with Gasteiger partial charge in [-0.25, -0.2) is 0 Å². The average Bonchev–Trinajstić information content (AvgIpc) is 3.20. The second-order valence-corrected chi connectivity index (χ2v) is 6.44. The third kappa shape index (κ3) is 4.99. The van der Waals surface area contributed by atoms with E-state index in [2.05, 4.69) is 48.6 Å². The summed E-state index contributed by atoms with van der Waals surface area (Å²) in [6.07, 6.45) is 7.28. The molecule has 124 valence electrons. The van der Waals surface area contributed by atoms with Crippen molar-refractivity contribution in [3.05, 3.63) is 41.5 Å². The van der Waals surface area contributed by atoms with E-state index in [1.807, 2.05) is 0 Å². The van der Waals surface area contributed by atoms with Gasteiger partial charge < -0.3 is 11.1 Å². The van der Waals surface area contributed by atoms with E-state index in [1.165, 1.54) is 24.8 Å². The van der Waals surface area contributed by atoms with Gasteiger partial charge in [-0.3, -0.25) is 0 Å². The van der Waals surface area contributed by atoms with Crippen molar-refractivity contribution in [1.29, 1.82) is 0 Å². The molecule has 0 amide bonds. The fourth-order valence-electron chi connectivity index (χ4n) is 3.34. The fraction of sp³-hybridized carbons (Fsp3) is 0.556. The Bertz CT molecular complexity index is 469. The normalized spacial score (nSPS) is 29.8. The van der Waals surface area contributed by atoms with Gasteiger partial charge in [-0.2, -0.15) is 0 Å². The van der Waals surface area contributed by atoms with Crippen LogP contribution >= 0.6 is 24.8 Å². The average molecular weight is 343 g/mol. The number of rotatable bonds is 6. The standard InChI is InChI=1S/C18H26N2.2ClH/c1-2-15(8-13-6-4-3-5-7-13)17-11-18(17)20-12-14-9-16(19)10-14;;/h3-8,14,16-18,20H,2,9-12,19H2,1H3;2*1H/b15-8+;;/t14?,16?,17-,18+;;/m0../s1. The van der Waals surface area contributed by atoms with E-state index in [-0.39, 0.29) is 24.8 Å². The van der Waals surface area contributed by atoms with Crippen molar-refractivity contribution >= 4 is 30.9 Å². The summed E-state index contributed by atoms with van der Waals surface area (Å²) in [5.41, 5.74) is 8.77. The molecular formula is C18H28Cl2N2. The van der Waals surface area contributed by atoms with E-state index in [1.54, 1.807) is 5.57 Å². The zero-order valence-corrected chi connectivity index (χ0v) is 14.8. The van der Waals surface area contributed by atoms with Crippen LogP contribution in [0.25, 0.3) is 6.08 Å². The van der Waals surface area contributed by atoms with Gasteiger partial charge in [0.2, 0.25) is 0 Å². The van der Waals surface area contributed by atoms with E-state index in [4.69, 9.17) is 5.73 Å². The fourth-order valence-corrected chi connectivity index (χ4v) is 3.34. The van der Waals surface area contributed by atoms with Crippen molar-refractivity contribution in [2.24, 2.45) is 17.6 Å². The summed E-state index contributed by atoms with van der Waals surface area (Å²) in [6, 6.07) is 11.9. The molecule has 2 aliphatic rings. The van der Waals surface area contributed by atoms with Crippen molar-refractivity contribution in [3.63, 3.8) is 0 Å². The Balaban J connectivity index is 0.00000121. The lowest BCUT2D eigenvalue weighted by Crippen LogP contribution is -2.42. The molecule has 1 aromatic carbocycles. The summed E-state index contributed by atoms with van der Waals surface area (Å²) in [4.78, 5) is 0. The van der Waals surface area contributed by atoms with Crippen LogP contribution in [-0.2, 0) is 0 Å². The van der Waals surface area contributed by atoms with E-state index < -0.39 is 0 Å². The van der Waals surface area contributed by atoms with Crippen LogP contribution in [0.2, 0.25) is 0 Å². The van der Waals surface area contributed by atoms with Gasteiger partial charge in [0.15, 0.2) is 0 Å². The van der Waals surface area contributed by atoms with Gasteiger partial charge in [-0.15, -0.1) is 24.8 Å². The molecule has 3 N–H and O–H groups in total. The third-order valence-electron chi connectivity index (χ3n) is 4.77. The maximum Gasteiger partial charge on any atom is 0.0140 e. The third-order valence-corrected chi connectivity index (χ3v) is 4.77. The zero-order chi connectivity index (χ0) is 13.9. The summed E-state index contributed by atoms with van der Waals surface area (Å²) >= 11 is 0. The Labute approximate surface area is 146 Å². The molecule has 0 spiro atoms. The summed E-state index contributed by atoms with van der Waals surface area (Å²) in [6.45, 7) is 3.44. The highest BCUT2D eigenvalue weighted by atomic mass is 35.5. The van der Waals surface area contributed by atoms with E-state index >= 15 is 0 Å². The molecule has 0 radical (unpaired) electrons. The molecule has 1 aromatic rings. The molecule has 2 fully saturated rings. The lowest BCUT2D eigenvalue weighted by molar-refractivity contribution is 0.255. The van der Waals surface area contributed by atoms with Crippen LogP contribution in [0.3, 0.4) is 0 Å². The highest BCUT2D eigenvalue weighted by Gasteiger charge is 2.39. The molecular weight excluding hydrogens is 315 g/mol. The molecule has 2 saturated carbocycles. The molecule has 0 aliphatic heterocycles. The Morgan fingerprint density at radius 3 is 2.45 bits per heavy atom. The molecule has 0 bridgehead atoms. The minimum Gasteiger partial charge on any atom is -0.328 e. The highest BCUT2D eigenvalue weighted by Crippen LogP contribution is 2.40. The summed E-state index contributed by atoms with van der Waals surface area (Å²) in [5.74, 6) is 1.59. The van der Waals surface area contributed by atoms with Crippen LogP contribution in [0.4, 0.5) is 0 Å². The molecule has 0 unspecified atom stereocenters. The number of nitrogens with two attached hydrogens (primary N) is 1. The van der Waals surface area contributed by atoms with Gasteiger partial charge in [-0.1, -0.05) is 48.9 Å². The van der Waals surface area contributed by atoms with Crippen LogP contribution in [0.15, 0.2) is 35.9 Å². The molecule has 2 aliphatic carbocycles. The number of hydrogen-bond donors (Lipinski definition) is 2. The first-order chi connectivity index (χ1) is 9.76. The molecule has 0 saturated heterocycles. The summed E-state index contributed by atoms with van der Waals surface area (Å²) < 4.78 is 0. The van der Waals surface area contributed by atoms with Crippen molar-refractivity contribution in [1.82, 2.24) is 5.32 Å². The minimum atomic E-state index is 0. The van der Waals surface area contributed by atoms with Gasteiger partial charge in [0, 0.05) is 12.1 Å². The Kier molecular flexibility index (Phi) is 7.92. The minimum absolute atomic E-state index is 0. The quantitative estimate of drug-likeness (QED) is 0.818. The van der Waals surface area contributed by atoms with Crippen LogP contribution in [0.1, 0.15) is 38.2 Å². The predicted molar refractivity (Wildman–Crippen MR) is 99.8 cm³/mol. The summed E-state index contributed by atoms with van der Waals surface area (Å²) in [7, 11) is 0. The monoisotopic (exact) mass is 342 g/mol. The topological polar surface area (TPSA) is 38.0 Å². The van der Waals surface area contributed by atoms with Crippen LogP contribution in [0, 0.1) is 11.8 Å². The van der Waals surface area contributed by atoms with Crippen molar-refractivity contribution in [2.75, 3.05) is 6.54 Å². The predicted octanol–water partition coefficient (Wildman–Crippen LogP) is 4.04. The molecule has 3 rings (SSSR count). The SMILES string of the molecule is CC/C(=C\c1ccccc1)[C@@H]1C[C@H]1NCC1CC(N)C1.Cl.Cl. The van der Waals surface area contributed by atoms with Crippen molar-refractivity contribution < 1.29 is 0 Å². The Morgan fingerprint density at radius 2 is 1.86 bits per heavy atom. The smallest absolute Gasteiger partial charge is 0.0140 e. The maximum absolute atomic E-state index is 5.84. The Hall–Kier alpha value is -0.540. The van der Waals surface area contributed by atoms with Crippen molar-refractivity contribution in [2.45, 2.75) is 44.7 Å². The molecule has 2 nitrogen and oxygen atoms in total. The van der Waals surface area contributed by atoms with Gasteiger partial charge in [0.1, 0.15) is 0 Å². The van der Waals surface area contributed by atoms with E-state index in [0.717, 1.165) is 24.8 Å². The van der Waals surface area contributed by atoms with E-state index in [0.29, 0.717) is 12.1 Å². The molecule has 0 heterocycles. The van der Waals surface area contributed by atoms with Crippen LogP contribution < -0.4 is 11.1 Å². The molecule has 0 aromatic heterocycles. The van der Waals surface area contributed by atoms with Gasteiger partial charge >= 0.3 is 0 Å². The summed E-state index contributed by atoms with van der Waals surface area (Å²) in [5, 5.41) is 3.73. The van der Waals surface area contributed by atoms with Crippen molar-refractivity contribution in [3.8, 4) is 0 Å². The van der Waals surface area contributed by atoms with Gasteiger partial charge in [0.25, 0.3) is 0 Å². The first-order valence-corrected chi connectivity index (χ1v) is 8.00.